The Labute approximate surface area is 117 Å². The van der Waals surface area contributed by atoms with Crippen LogP contribution < -0.4 is 0 Å². The predicted molar refractivity (Wildman–Crippen MR) is 71.0 cm³/mol. The van der Waals surface area contributed by atoms with Gasteiger partial charge in [0.1, 0.15) is 11.6 Å². The molecule has 110 valence electrons. The molecule has 0 aliphatic carbocycles. The summed E-state index contributed by atoms with van der Waals surface area (Å²) in [6.07, 6.45) is 1.61. The molecule has 3 nitrogen and oxygen atoms in total. The second-order valence-corrected chi connectivity index (χ2v) is 5.03. The first kappa shape index (κ1) is 14.9. The van der Waals surface area contributed by atoms with E-state index in [9.17, 15) is 13.6 Å². The third-order valence-corrected chi connectivity index (χ3v) is 3.57. The van der Waals surface area contributed by atoms with E-state index in [4.69, 9.17) is 4.74 Å². The Kier molecular flexibility index (Phi) is 5.06. The number of carbonyl (C=O) groups is 1. The summed E-state index contributed by atoms with van der Waals surface area (Å²) in [5.74, 6) is -1.49. The molecule has 1 aromatic carbocycles. The molecule has 0 N–H and O–H groups in total. The molecular formula is C15H19F2NO2. The molecule has 0 spiro atoms. The molecule has 5 heteroatoms. The van der Waals surface area contributed by atoms with E-state index < -0.39 is 11.6 Å². The van der Waals surface area contributed by atoms with Gasteiger partial charge in [0.15, 0.2) is 0 Å². The van der Waals surface area contributed by atoms with E-state index >= 15 is 0 Å². The standard InChI is InChI=1S/C15H19F2NO2/c1-2-20-15(19)11-5-4-8-18(9-11)10-12-13(16)6-3-7-14(12)17/h3,6-7,11H,2,4-5,8-10H2,1H3/t11-/m0/s1. The molecule has 2 rings (SSSR count). The van der Waals surface area contributed by atoms with Crippen molar-refractivity contribution in [3.63, 3.8) is 0 Å². The molecule has 0 bridgehead atoms. The van der Waals surface area contributed by atoms with Crippen LogP contribution in [0.1, 0.15) is 25.3 Å². The first-order chi connectivity index (χ1) is 9.61. The average Bonchev–Trinajstić information content (AvgIpc) is 2.44. The first-order valence-corrected chi connectivity index (χ1v) is 6.93. The summed E-state index contributed by atoms with van der Waals surface area (Å²) < 4.78 is 32.3. The summed E-state index contributed by atoms with van der Waals surface area (Å²) >= 11 is 0. The van der Waals surface area contributed by atoms with Crippen molar-refractivity contribution in [2.24, 2.45) is 5.92 Å². The van der Waals surface area contributed by atoms with E-state index in [0.717, 1.165) is 19.4 Å². The van der Waals surface area contributed by atoms with Gasteiger partial charge in [-0.05, 0) is 38.4 Å². The van der Waals surface area contributed by atoms with Crippen molar-refractivity contribution in [1.29, 1.82) is 0 Å². The molecule has 0 amide bonds. The van der Waals surface area contributed by atoms with E-state index in [-0.39, 0.29) is 24.0 Å². The summed E-state index contributed by atoms with van der Waals surface area (Å²) in [4.78, 5) is 13.6. The van der Waals surface area contributed by atoms with E-state index in [1.54, 1.807) is 6.92 Å². The van der Waals surface area contributed by atoms with Crippen molar-refractivity contribution in [2.75, 3.05) is 19.7 Å². The molecule has 1 heterocycles. The maximum atomic E-state index is 13.6. The lowest BCUT2D eigenvalue weighted by Gasteiger charge is -2.31. The molecular weight excluding hydrogens is 264 g/mol. The van der Waals surface area contributed by atoms with Gasteiger partial charge in [0.25, 0.3) is 0 Å². The molecule has 1 aromatic rings. The molecule has 1 atom stereocenters. The van der Waals surface area contributed by atoms with Gasteiger partial charge in [-0.25, -0.2) is 8.78 Å². The van der Waals surface area contributed by atoms with E-state index in [2.05, 4.69) is 0 Å². The number of benzene rings is 1. The van der Waals surface area contributed by atoms with Crippen LogP contribution >= 0.6 is 0 Å². The zero-order valence-corrected chi connectivity index (χ0v) is 11.6. The summed E-state index contributed by atoms with van der Waals surface area (Å²) in [5, 5.41) is 0. The van der Waals surface area contributed by atoms with Gasteiger partial charge < -0.3 is 4.74 Å². The Bertz CT molecular complexity index is 459. The lowest BCUT2D eigenvalue weighted by Crippen LogP contribution is -2.39. The minimum atomic E-state index is -0.539. The largest absolute Gasteiger partial charge is 0.466 e. The predicted octanol–water partition coefficient (Wildman–Crippen LogP) is 2.74. The minimum absolute atomic E-state index is 0.0667. The Morgan fingerprint density at radius 2 is 2.10 bits per heavy atom. The van der Waals surface area contributed by atoms with Crippen LogP contribution in [-0.4, -0.2) is 30.6 Å². The average molecular weight is 283 g/mol. The van der Waals surface area contributed by atoms with E-state index in [1.807, 2.05) is 4.90 Å². The maximum absolute atomic E-state index is 13.6. The summed E-state index contributed by atoms with van der Waals surface area (Å²) in [5.41, 5.74) is 0.0667. The van der Waals surface area contributed by atoms with Crippen molar-refractivity contribution < 1.29 is 18.3 Å². The monoisotopic (exact) mass is 283 g/mol. The van der Waals surface area contributed by atoms with Gasteiger partial charge in [-0.1, -0.05) is 6.07 Å². The number of carbonyl (C=O) groups excluding carboxylic acids is 1. The van der Waals surface area contributed by atoms with E-state index in [0.29, 0.717) is 13.2 Å². The van der Waals surface area contributed by atoms with Crippen molar-refractivity contribution in [3.05, 3.63) is 35.4 Å². The van der Waals surface area contributed by atoms with Gasteiger partial charge in [0.2, 0.25) is 0 Å². The number of rotatable bonds is 4. The lowest BCUT2D eigenvalue weighted by molar-refractivity contribution is -0.150. The fourth-order valence-electron chi connectivity index (χ4n) is 2.56. The third-order valence-electron chi connectivity index (χ3n) is 3.57. The SMILES string of the molecule is CCOC(=O)[C@H]1CCCN(Cc2c(F)cccc2F)C1. The number of piperidine rings is 1. The van der Waals surface area contributed by atoms with Crippen LogP contribution in [0.15, 0.2) is 18.2 Å². The third kappa shape index (κ3) is 3.54. The summed E-state index contributed by atoms with van der Waals surface area (Å²) in [7, 11) is 0. The first-order valence-electron chi connectivity index (χ1n) is 6.93. The number of halogens is 2. The topological polar surface area (TPSA) is 29.5 Å². The molecule has 1 aliphatic rings. The van der Waals surface area contributed by atoms with Crippen molar-refractivity contribution in [2.45, 2.75) is 26.3 Å². The Balaban J connectivity index is 2.01. The fraction of sp³-hybridized carbons (Fsp3) is 0.533. The second kappa shape index (κ2) is 6.79. The summed E-state index contributed by atoms with van der Waals surface area (Å²) in [6.45, 7) is 3.55. The molecule has 0 radical (unpaired) electrons. The van der Waals surface area contributed by atoms with Crippen molar-refractivity contribution in [1.82, 2.24) is 4.90 Å². The van der Waals surface area contributed by atoms with Crippen LogP contribution in [0.25, 0.3) is 0 Å². The zero-order chi connectivity index (χ0) is 14.5. The molecule has 1 saturated heterocycles. The highest BCUT2D eigenvalue weighted by Gasteiger charge is 2.27. The quantitative estimate of drug-likeness (QED) is 0.796. The molecule has 0 unspecified atom stereocenters. The molecule has 0 saturated carbocycles. The lowest BCUT2D eigenvalue weighted by atomic mass is 9.97. The normalized spacial score (nSPS) is 19.9. The van der Waals surface area contributed by atoms with Gasteiger partial charge in [-0.15, -0.1) is 0 Å². The Morgan fingerprint density at radius 3 is 2.75 bits per heavy atom. The van der Waals surface area contributed by atoms with Gasteiger partial charge in [-0.3, -0.25) is 9.69 Å². The number of hydrogen-bond acceptors (Lipinski definition) is 3. The summed E-state index contributed by atoms with van der Waals surface area (Å²) in [6, 6.07) is 3.86. The molecule has 1 aliphatic heterocycles. The second-order valence-electron chi connectivity index (χ2n) is 5.03. The fourth-order valence-corrected chi connectivity index (χ4v) is 2.56. The van der Waals surface area contributed by atoms with Crippen LogP contribution in [-0.2, 0) is 16.1 Å². The molecule has 20 heavy (non-hydrogen) atoms. The van der Waals surface area contributed by atoms with Crippen LogP contribution in [0.3, 0.4) is 0 Å². The number of hydrogen-bond donors (Lipinski definition) is 0. The minimum Gasteiger partial charge on any atom is -0.466 e. The van der Waals surface area contributed by atoms with Crippen LogP contribution in [0.2, 0.25) is 0 Å². The molecule has 1 fully saturated rings. The van der Waals surface area contributed by atoms with Crippen molar-refractivity contribution in [3.8, 4) is 0 Å². The number of esters is 1. The van der Waals surface area contributed by atoms with Gasteiger partial charge >= 0.3 is 5.97 Å². The number of ether oxygens (including phenoxy) is 1. The van der Waals surface area contributed by atoms with E-state index in [1.165, 1.54) is 18.2 Å². The van der Waals surface area contributed by atoms with Gasteiger partial charge in [0, 0.05) is 18.7 Å². The molecule has 0 aromatic heterocycles. The van der Waals surface area contributed by atoms with Crippen LogP contribution in [0.5, 0.6) is 0 Å². The Hall–Kier alpha value is -1.49. The van der Waals surface area contributed by atoms with Crippen LogP contribution in [0.4, 0.5) is 8.78 Å². The number of likely N-dealkylation sites (tertiary alicyclic amines) is 1. The smallest absolute Gasteiger partial charge is 0.310 e. The number of nitrogens with zero attached hydrogens (tertiary/aromatic N) is 1. The van der Waals surface area contributed by atoms with Crippen LogP contribution in [0, 0.1) is 17.6 Å². The highest BCUT2D eigenvalue weighted by atomic mass is 19.1. The highest BCUT2D eigenvalue weighted by Crippen LogP contribution is 2.22. The highest BCUT2D eigenvalue weighted by molar-refractivity contribution is 5.72. The Morgan fingerprint density at radius 1 is 1.40 bits per heavy atom. The van der Waals surface area contributed by atoms with Gasteiger partial charge in [-0.2, -0.15) is 0 Å². The maximum Gasteiger partial charge on any atom is 0.310 e. The zero-order valence-electron chi connectivity index (χ0n) is 11.6. The van der Waals surface area contributed by atoms with Crippen molar-refractivity contribution >= 4 is 5.97 Å². The van der Waals surface area contributed by atoms with Gasteiger partial charge in [0.05, 0.1) is 12.5 Å².